The van der Waals surface area contributed by atoms with Gasteiger partial charge in [0.1, 0.15) is 6.29 Å². The number of hydrogen-bond donors (Lipinski definition) is 1. The van der Waals surface area contributed by atoms with Crippen molar-refractivity contribution in [2.45, 2.75) is 97.5 Å². The largest absolute Gasteiger partial charge is 0.390 e. The first-order valence-corrected chi connectivity index (χ1v) is 11.4. The smallest absolute Gasteiger partial charge is 0.123 e. The van der Waals surface area contributed by atoms with E-state index in [4.69, 9.17) is 0 Å². The van der Waals surface area contributed by atoms with Crippen molar-refractivity contribution in [1.82, 2.24) is 0 Å². The third-order valence-electron chi connectivity index (χ3n) is 10.4. The molecular formula is C24H40O2. The van der Waals surface area contributed by atoms with Gasteiger partial charge in [-0.15, -0.1) is 0 Å². The summed E-state index contributed by atoms with van der Waals surface area (Å²) in [6.45, 7) is 9.42. The molecule has 0 aromatic rings. The second-order valence-corrected chi connectivity index (χ2v) is 11.2. The Hall–Kier alpha value is -0.370. The van der Waals surface area contributed by atoms with E-state index in [1.165, 1.54) is 51.2 Å². The van der Waals surface area contributed by atoms with Crippen LogP contribution < -0.4 is 0 Å². The number of aliphatic hydroxyl groups is 1. The zero-order chi connectivity index (χ0) is 18.7. The summed E-state index contributed by atoms with van der Waals surface area (Å²) in [6.07, 6.45) is 13.4. The van der Waals surface area contributed by atoms with Gasteiger partial charge in [0, 0.05) is 5.92 Å². The molecular weight excluding hydrogens is 320 g/mol. The highest BCUT2D eigenvalue weighted by molar-refractivity contribution is 5.53. The molecule has 0 radical (unpaired) electrons. The van der Waals surface area contributed by atoms with Crippen LogP contribution in [0.3, 0.4) is 0 Å². The zero-order valence-electron chi connectivity index (χ0n) is 17.5. The van der Waals surface area contributed by atoms with Crippen molar-refractivity contribution in [3.05, 3.63) is 0 Å². The first kappa shape index (κ1) is 19.0. The van der Waals surface area contributed by atoms with Gasteiger partial charge < -0.3 is 9.90 Å². The van der Waals surface area contributed by atoms with Gasteiger partial charge in [-0.3, -0.25) is 0 Å². The molecule has 148 valence electrons. The lowest BCUT2D eigenvalue weighted by atomic mass is 9.43. The van der Waals surface area contributed by atoms with Gasteiger partial charge in [0.25, 0.3) is 0 Å². The van der Waals surface area contributed by atoms with E-state index in [0.29, 0.717) is 16.7 Å². The van der Waals surface area contributed by atoms with Crippen LogP contribution in [-0.2, 0) is 4.79 Å². The molecule has 2 nitrogen and oxygen atoms in total. The van der Waals surface area contributed by atoms with Gasteiger partial charge >= 0.3 is 0 Å². The maximum absolute atomic E-state index is 11.5. The molecule has 4 aliphatic carbocycles. The first-order valence-electron chi connectivity index (χ1n) is 11.4. The third-order valence-corrected chi connectivity index (χ3v) is 10.4. The van der Waals surface area contributed by atoms with Crippen LogP contribution in [0.25, 0.3) is 0 Å². The van der Waals surface area contributed by atoms with E-state index in [1.807, 2.05) is 0 Å². The minimum atomic E-state index is -0.391. The highest BCUT2D eigenvalue weighted by Crippen LogP contribution is 2.68. The molecule has 26 heavy (non-hydrogen) atoms. The van der Waals surface area contributed by atoms with Crippen LogP contribution >= 0.6 is 0 Å². The van der Waals surface area contributed by atoms with E-state index in [-0.39, 0.29) is 5.92 Å². The van der Waals surface area contributed by atoms with Gasteiger partial charge in [0.2, 0.25) is 0 Å². The number of hydrogen-bond acceptors (Lipinski definition) is 2. The van der Waals surface area contributed by atoms with E-state index in [2.05, 4.69) is 27.7 Å². The van der Waals surface area contributed by atoms with Crippen molar-refractivity contribution in [2.24, 2.45) is 46.3 Å². The lowest BCUT2D eigenvalue weighted by Gasteiger charge is -2.62. The normalized spacial score (nSPS) is 54.7. The standard InChI is InChI=1S/C24H40O2/c1-5-24(26)13-12-22(3)17(14-24)6-7-18-20-9-8-19(16(2)15-25)23(20,4)11-10-21(18)22/h15-21,26H,5-14H2,1-4H3/t16-,17?,18+,19-,20+,21+,22+,23-,24+/m1/s1. The summed E-state index contributed by atoms with van der Waals surface area (Å²) in [6, 6.07) is 0. The maximum atomic E-state index is 11.5. The fourth-order valence-electron chi connectivity index (χ4n) is 8.64. The molecule has 1 unspecified atom stereocenters. The van der Waals surface area contributed by atoms with E-state index < -0.39 is 5.60 Å². The molecule has 4 saturated carbocycles. The number of aldehydes is 1. The quantitative estimate of drug-likeness (QED) is 0.663. The highest BCUT2D eigenvalue weighted by atomic mass is 16.3. The van der Waals surface area contributed by atoms with Crippen LogP contribution in [0.2, 0.25) is 0 Å². The summed E-state index contributed by atoms with van der Waals surface area (Å²) < 4.78 is 0. The van der Waals surface area contributed by atoms with E-state index in [9.17, 15) is 9.90 Å². The van der Waals surface area contributed by atoms with Crippen molar-refractivity contribution in [2.75, 3.05) is 0 Å². The lowest BCUT2D eigenvalue weighted by Crippen LogP contribution is -2.56. The van der Waals surface area contributed by atoms with Crippen LogP contribution in [0.15, 0.2) is 0 Å². The number of fused-ring (bicyclic) bond motifs is 5. The summed E-state index contributed by atoms with van der Waals surface area (Å²) in [5.41, 5.74) is 0.446. The Kier molecular flexibility index (Phi) is 4.61. The summed E-state index contributed by atoms with van der Waals surface area (Å²) >= 11 is 0. The van der Waals surface area contributed by atoms with Crippen molar-refractivity contribution < 1.29 is 9.90 Å². The van der Waals surface area contributed by atoms with Gasteiger partial charge in [-0.25, -0.2) is 0 Å². The molecule has 4 fully saturated rings. The molecule has 0 amide bonds. The average molecular weight is 361 g/mol. The Bertz CT molecular complexity index is 558. The molecule has 4 rings (SSSR count). The second kappa shape index (κ2) is 6.33. The molecule has 0 aromatic heterocycles. The molecule has 0 bridgehead atoms. The third kappa shape index (κ3) is 2.57. The van der Waals surface area contributed by atoms with Gasteiger partial charge in [0.05, 0.1) is 5.60 Å². The molecule has 0 aliphatic heterocycles. The summed E-state index contributed by atoms with van der Waals surface area (Å²) in [7, 11) is 0. The molecule has 9 atom stereocenters. The van der Waals surface area contributed by atoms with Crippen molar-refractivity contribution in [3.63, 3.8) is 0 Å². The molecule has 0 spiro atoms. The molecule has 4 aliphatic rings. The Balaban J connectivity index is 1.58. The first-order chi connectivity index (χ1) is 12.3. The van der Waals surface area contributed by atoms with E-state index >= 15 is 0 Å². The van der Waals surface area contributed by atoms with Crippen LogP contribution in [0.5, 0.6) is 0 Å². The van der Waals surface area contributed by atoms with Crippen LogP contribution in [0, 0.1) is 46.3 Å². The average Bonchev–Trinajstić information content (AvgIpc) is 2.99. The molecule has 1 N–H and O–H groups in total. The fourth-order valence-corrected chi connectivity index (χ4v) is 8.64. The van der Waals surface area contributed by atoms with Gasteiger partial charge in [-0.05, 0) is 105 Å². The van der Waals surface area contributed by atoms with E-state index in [0.717, 1.165) is 42.9 Å². The summed E-state index contributed by atoms with van der Waals surface area (Å²) in [4.78, 5) is 11.5. The van der Waals surface area contributed by atoms with Gasteiger partial charge in [-0.2, -0.15) is 0 Å². The van der Waals surface area contributed by atoms with Crippen LogP contribution in [-0.4, -0.2) is 17.0 Å². The second-order valence-electron chi connectivity index (χ2n) is 11.2. The monoisotopic (exact) mass is 360 g/mol. The Morgan fingerprint density at radius 2 is 1.73 bits per heavy atom. The topological polar surface area (TPSA) is 37.3 Å². The van der Waals surface area contributed by atoms with Crippen LogP contribution in [0.4, 0.5) is 0 Å². The molecule has 0 aromatic carbocycles. The molecule has 2 heteroatoms. The van der Waals surface area contributed by atoms with E-state index in [1.54, 1.807) is 0 Å². The predicted octanol–water partition coefficient (Wildman–Crippen LogP) is 5.62. The van der Waals surface area contributed by atoms with Gasteiger partial charge in [-0.1, -0.05) is 27.7 Å². The number of carbonyl (C=O) groups is 1. The van der Waals surface area contributed by atoms with Crippen molar-refractivity contribution >= 4 is 6.29 Å². The highest BCUT2D eigenvalue weighted by Gasteiger charge is 2.61. The minimum Gasteiger partial charge on any atom is -0.390 e. The predicted molar refractivity (Wildman–Crippen MR) is 106 cm³/mol. The van der Waals surface area contributed by atoms with Crippen molar-refractivity contribution in [1.29, 1.82) is 0 Å². The minimum absolute atomic E-state index is 0.225. The molecule has 0 saturated heterocycles. The zero-order valence-corrected chi connectivity index (χ0v) is 17.5. The summed E-state index contributed by atoms with van der Waals surface area (Å²) in [5.74, 6) is 4.10. The fraction of sp³-hybridized carbons (Fsp3) is 0.958. The Labute approximate surface area is 160 Å². The summed E-state index contributed by atoms with van der Waals surface area (Å²) in [5, 5.41) is 10.9. The SMILES string of the molecule is CC[C@]1(O)CC[C@@]2(C)C(CC[C@H]3[C@@H]4CC[C@H]([C@H](C)C=O)[C@@]4(C)CC[C@@H]32)C1. The van der Waals surface area contributed by atoms with Crippen LogP contribution in [0.1, 0.15) is 91.9 Å². The van der Waals surface area contributed by atoms with Crippen molar-refractivity contribution in [3.8, 4) is 0 Å². The Morgan fingerprint density at radius 3 is 2.42 bits per heavy atom. The lowest BCUT2D eigenvalue weighted by molar-refractivity contribution is -0.153. The molecule has 0 heterocycles. The maximum Gasteiger partial charge on any atom is 0.123 e. The number of carbonyl (C=O) groups excluding carboxylic acids is 1. The van der Waals surface area contributed by atoms with Gasteiger partial charge in [0.15, 0.2) is 0 Å². The Morgan fingerprint density at radius 1 is 1.00 bits per heavy atom. The number of rotatable bonds is 3.